The molecule has 10 heavy (non-hydrogen) atoms. The van der Waals surface area contributed by atoms with Crippen LogP contribution in [0.2, 0.25) is 0 Å². The smallest absolute Gasteiger partial charge is 0.343 e. The lowest BCUT2D eigenvalue weighted by molar-refractivity contribution is -0.165. The van der Waals surface area contributed by atoms with Crippen LogP contribution in [0, 0.1) is 0 Å². The summed E-state index contributed by atoms with van der Waals surface area (Å²) < 4.78 is 4.51. The molecule has 0 aromatic rings. The van der Waals surface area contributed by atoms with E-state index in [2.05, 4.69) is 4.74 Å². The summed E-state index contributed by atoms with van der Waals surface area (Å²) >= 11 is 0. The molecule has 1 N–H and O–H groups in total. The molecule has 0 aliphatic carbocycles. The number of Topliss-reactive ketones (excluding diaryl/α,β-unsaturated/α-hetero) is 1. The Hall–Kier alpha value is -0.900. The van der Waals surface area contributed by atoms with E-state index in [0.717, 1.165) is 0 Å². The molecule has 0 fully saturated rings. The van der Waals surface area contributed by atoms with Crippen LogP contribution >= 0.6 is 0 Å². The highest BCUT2D eigenvalue weighted by Gasteiger charge is 2.38. The first-order valence-electron chi connectivity index (χ1n) is 2.74. The van der Waals surface area contributed by atoms with E-state index >= 15 is 0 Å². The van der Waals surface area contributed by atoms with Crippen LogP contribution in [0.25, 0.3) is 0 Å². The van der Waals surface area contributed by atoms with Gasteiger partial charge in [-0.15, -0.1) is 0 Å². The van der Waals surface area contributed by atoms with Gasteiger partial charge in [0.05, 0.1) is 0 Å². The van der Waals surface area contributed by atoms with Crippen LogP contribution in [0.15, 0.2) is 0 Å². The van der Waals surface area contributed by atoms with E-state index in [1.165, 1.54) is 21.0 Å². The Morgan fingerprint density at radius 1 is 1.50 bits per heavy atom. The number of hydrogen-bond acceptors (Lipinski definition) is 3. The Morgan fingerprint density at radius 3 is 1.90 bits per heavy atom. The van der Waals surface area contributed by atoms with Gasteiger partial charge in [0.15, 0.2) is 5.78 Å². The van der Waals surface area contributed by atoms with Gasteiger partial charge in [-0.25, -0.2) is 4.79 Å². The first-order chi connectivity index (χ1) is 4.45. The molecule has 0 aromatic carbocycles. The monoisotopic (exact) mass is 146 g/mol. The standard InChI is InChI=1S/C6H10O4/c1-4(7)6(2,10-3)5(8)9/h1-3H3,(H,8,9). The number of hydrogen-bond donors (Lipinski definition) is 1. The second-order valence-electron chi connectivity index (χ2n) is 2.10. The number of rotatable bonds is 3. The molecule has 0 heterocycles. The summed E-state index contributed by atoms with van der Waals surface area (Å²) in [6, 6.07) is 0. The highest BCUT2D eigenvalue weighted by molar-refractivity contribution is 6.04. The number of carboxylic acids is 1. The van der Waals surface area contributed by atoms with Gasteiger partial charge in [0.1, 0.15) is 0 Å². The van der Waals surface area contributed by atoms with E-state index in [1.54, 1.807) is 0 Å². The number of methoxy groups -OCH3 is 1. The van der Waals surface area contributed by atoms with E-state index in [1.807, 2.05) is 0 Å². The Balaban J connectivity index is 4.55. The number of carbonyl (C=O) groups is 2. The van der Waals surface area contributed by atoms with Crippen molar-refractivity contribution in [2.24, 2.45) is 0 Å². The summed E-state index contributed by atoms with van der Waals surface area (Å²) in [4.78, 5) is 21.0. The second-order valence-corrected chi connectivity index (χ2v) is 2.10. The number of carboxylic acid groups (broad SMARTS) is 1. The molecule has 0 amide bonds. The molecule has 58 valence electrons. The molecule has 0 spiro atoms. The highest BCUT2D eigenvalue weighted by atomic mass is 16.5. The van der Waals surface area contributed by atoms with E-state index in [-0.39, 0.29) is 0 Å². The maximum absolute atomic E-state index is 10.6. The van der Waals surface area contributed by atoms with Gasteiger partial charge in [-0.05, 0) is 13.8 Å². The number of ether oxygens (including phenoxy) is 1. The SMILES string of the molecule is COC(C)(C(C)=O)C(=O)O. The normalized spacial score (nSPS) is 15.9. The molecule has 0 aliphatic heterocycles. The molecule has 1 atom stereocenters. The number of ketones is 1. The molecular weight excluding hydrogens is 136 g/mol. The third-order valence-corrected chi connectivity index (χ3v) is 1.49. The van der Waals surface area contributed by atoms with Crippen LogP contribution in [-0.4, -0.2) is 29.6 Å². The summed E-state index contributed by atoms with van der Waals surface area (Å²) in [5.74, 6) is -1.77. The van der Waals surface area contributed by atoms with Crippen LogP contribution in [0.1, 0.15) is 13.8 Å². The van der Waals surface area contributed by atoms with Crippen molar-refractivity contribution in [2.75, 3.05) is 7.11 Å². The molecule has 4 heteroatoms. The molecule has 0 saturated carbocycles. The minimum atomic E-state index is -1.68. The molecule has 0 rings (SSSR count). The molecule has 1 unspecified atom stereocenters. The predicted molar refractivity (Wildman–Crippen MR) is 33.7 cm³/mol. The van der Waals surface area contributed by atoms with Crippen molar-refractivity contribution < 1.29 is 19.4 Å². The molecule has 0 radical (unpaired) electrons. The average Bonchev–Trinajstić information content (AvgIpc) is 1.85. The van der Waals surface area contributed by atoms with Crippen molar-refractivity contribution >= 4 is 11.8 Å². The van der Waals surface area contributed by atoms with Gasteiger partial charge in [0.25, 0.3) is 0 Å². The topological polar surface area (TPSA) is 63.6 Å². The average molecular weight is 146 g/mol. The van der Waals surface area contributed by atoms with E-state index in [4.69, 9.17) is 5.11 Å². The van der Waals surface area contributed by atoms with Crippen molar-refractivity contribution in [2.45, 2.75) is 19.4 Å². The Bertz CT molecular complexity index is 147. The maximum Gasteiger partial charge on any atom is 0.343 e. The van der Waals surface area contributed by atoms with Crippen LogP contribution in [0.3, 0.4) is 0 Å². The third-order valence-electron chi connectivity index (χ3n) is 1.49. The molecule has 4 nitrogen and oxygen atoms in total. The van der Waals surface area contributed by atoms with Crippen LogP contribution < -0.4 is 0 Å². The minimum absolute atomic E-state index is 0.512. The molecular formula is C6H10O4. The summed E-state index contributed by atoms with van der Waals surface area (Å²) in [5, 5.41) is 8.46. The summed E-state index contributed by atoms with van der Waals surface area (Å²) in [6.07, 6.45) is 0. The lowest BCUT2D eigenvalue weighted by Gasteiger charge is -2.18. The fourth-order valence-corrected chi connectivity index (χ4v) is 0.382. The van der Waals surface area contributed by atoms with Gasteiger partial charge in [0.2, 0.25) is 5.60 Å². The lowest BCUT2D eigenvalue weighted by atomic mass is 10.0. The van der Waals surface area contributed by atoms with Crippen molar-refractivity contribution in [3.63, 3.8) is 0 Å². The molecule has 0 aromatic heterocycles. The Morgan fingerprint density at radius 2 is 1.90 bits per heavy atom. The summed E-state index contributed by atoms with van der Waals surface area (Å²) in [7, 11) is 1.19. The Labute approximate surface area is 58.8 Å². The van der Waals surface area contributed by atoms with Crippen molar-refractivity contribution in [1.82, 2.24) is 0 Å². The van der Waals surface area contributed by atoms with Gasteiger partial charge in [0, 0.05) is 7.11 Å². The van der Waals surface area contributed by atoms with Gasteiger partial charge in [-0.3, -0.25) is 4.79 Å². The summed E-state index contributed by atoms with van der Waals surface area (Å²) in [6.45, 7) is 2.40. The predicted octanol–water partition coefficient (Wildman–Crippen LogP) is 0.0651. The van der Waals surface area contributed by atoms with Gasteiger partial charge >= 0.3 is 5.97 Å². The van der Waals surface area contributed by atoms with Crippen LogP contribution in [0.4, 0.5) is 0 Å². The van der Waals surface area contributed by atoms with Crippen molar-refractivity contribution in [3.05, 3.63) is 0 Å². The Kier molecular flexibility index (Phi) is 2.54. The van der Waals surface area contributed by atoms with Crippen molar-refractivity contribution in [3.8, 4) is 0 Å². The van der Waals surface area contributed by atoms with Crippen LogP contribution in [-0.2, 0) is 14.3 Å². The fraction of sp³-hybridized carbons (Fsp3) is 0.667. The number of aliphatic carboxylic acids is 1. The van der Waals surface area contributed by atoms with E-state index in [0.29, 0.717) is 0 Å². The van der Waals surface area contributed by atoms with Crippen molar-refractivity contribution in [1.29, 1.82) is 0 Å². The largest absolute Gasteiger partial charge is 0.479 e. The number of carbonyl (C=O) groups excluding carboxylic acids is 1. The quantitative estimate of drug-likeness (QED) is 0.572. The summed E-state index contributed by atoms with van der Waals surface area (Å²) in [5.41, 5.74) is -1.68. The van der Waals surface area contributed by atoms with Crippen LogP contribution in [0.5, 0.6) is 0 Å². The zero-order chi connectivity index (χ0) is 8.36. The zero-order valence-corrected chi connectivity index (χ0v) is 6.17. The van der Waals surface area contributed by atoms with Gasteiger partial charge < -0.3 is 9.84 Å². The highest BCUT2D eigenvalue weighted by Crippen LogP contribution is 2.09. The molecule has 0 saturated heterocycles. The first kappa shape index (κ1) is 9.10. The third kappa shape index (κ3) is 1.33. The lowest BCUT2D eigenvalue weighted by Crippen LogP contribution is -2.44. The molecule has 0 bridgehead atoms. The maximum atomic E-state index is 10.6. The minimum Gasteiger partial charge on any atom is -0.479 e. The molecule has 0 aliphatic rings. The van der Waals surface area contributed by atoms with Gasteiger partial charge in [-0.2, -0.15) is 0 Å². The first-order valence-corrected chi connectivity index (χ1v) is 2.74. The van der Waals surface area contributed by atoms with E-state index < -0.39 is 17.4 Å². The fourth-order valence-electron chi connectivity index (χ4n) is 0.382. The zero-order valence-electron chi connectivity index (χ0n) is 6.17. The van der Waals surface area contributed by atoms with E-state index in [9.17, 15) is 9.59 Å². The second kappa shape index (κ2) is 2.79. The van der Waals surface area contributed by atoms with Gasteiger partial charge in [-0.1, -0.05) is 0 Å².